The number of carboxylic acids is 1. The molecule has 0 saturated carbocycles. The molecule has 0 spiro atoms. The molecule has 0 fully saturated rings. The van der Waals surface area contributed by atoms with Crippen LogP contribution < -0.4 is 9.64 Å². The van der Waals surface area contributed by atoms with Gasteiger partial charge in [-0.3, -0.25) is 4.79 Å². The normalized spacial score (nSPS) is 11.9. The van der Waals surface area contributed by atoms with Crippen molar-refractivity contribution < 1.29 is 14.6 Å². The first kappa shape index (κ1) is 12.4. The fourth-order valence-electron chi connectivity index (χ4n) is 1.35. The molecule has 0 heterocycles. The second kappa shape index (κ2) is 5.39. The van der Waals surface area contributed by atoms with Gasteiger partial charge in [-0.1, -0.05) is 6.07 Å². The summed E-state index contributed by atoms with van der Waals surface area (Å²) in [6, 6.07) is 7.57. The number of aliphatic carboxylic acids is 1. The summed E-state index contributed by atoms with van der Waals surface area (Å²) in [7, 11) is 3.89. The van der Waals surface area contributed by atoms with Gasteiger partial charge in [0.15, 0.2) is 0 Å². The van der Waals surface area contributed by atoms with E-state index >= 15 is 0 Å². The Labute approximate surface area is 95.5 Å². The third kappa shape index (κ3) is 3.81. The molecule has 0 saturated heterocycles. The minimum Gasteiger partial charge on any atom is -0.490 e. The molecule has 0 aromatic heterocycles. The van der Waals surface area contributed by atoms with Gasteiger partial charge in [-0.05, 0) is 19.1 Å². The lowest BCUT2D eigenvalue weighted by atomic mass is 10.2. The zero-order chi connectivity index (χ0) is 12.1. The number of nitrogens with zero attached hydrogens (tertiary/aromatic N) is 1. The quantitative estimate of drug-likeness (QED) is 0.829. The Kier molecular flexibility index (Phi) is 4.17. The van der Waals surface area contributed by atoms with Gasteiger partial charge in [0.25, 0.3) is 0 Å². The molecule has 16 heavy (non-hydrogen) atoms. The molecule has 1 atom stereocenters. The van der Waals surface area contributed by atoms with Gasteiger partial charge in [-0.2, -0.15) is 0 Å². The average molecular weight is 223 g/mol. The average Bonchev–Trinajstić information content (AvgIpc) is 2.16. The van der Waals surface area contributed by atoms with E-state index in [0.717, 1.165) is 5.69 Å². The van der Waals surface area contributed by atoms with Gasteiger partial charge in [0.2, 0.25) is 0 Å². The van der Waals surface area contributed by atoms with E-state index in [-0.39, 0.29) is 12.5 Å². The second-order valence-electron chi connectivity index (χ2n) is 3.92. The minimum absolute atomic E-state index is 0.00614. The van der Waals surface area contributed by atoms with Crippen molar-refractivity contribution >= 4 is 11.7 Å². The molecular weight excluding hydrogens is 206 g/mol. The molecule has 4 heteroatoms. The van der Waals surface area contributed by atoms with Crippen molar-refractivity contribution in [2.45, 2.75) is 19.4 Å². The number of carbonyl (C=O) groups is 1. The predicted molar refractivity (Wildman–Crippen MR) is 63.1 cm³/mol. The molecule has 0 aliphatic heterocycles. The van der Waals surface area contributed by atoms with Crippen LogP contribution in [0.3, 0.4) is 0 Å². The van der Waals surface area contributed by atoms with E-state index in [0.29, 0.717) is 5.75 Å². The molecule has 0 unspecified atom stereocenters. The fraction of sp³-hybridized carbons (Fsp3) is 0.417. The van der Waals surface area contributed by atoms with Crippen molar-refractivity contribution in [2.75, 3.05) is 19.0 Å². The maximum absolute atomic E-state index is 10.5. The van der Waals surface area contributed by atoms with Crippen LogP contribution in [0.25, 0.3) is 0 Å². The topological polar surface area (TPSA) is 49.8 Å². The van der Waals surface area contributed by atoms with Gasteiger partial charge in [0.1, 0.15) is 11.9 Å². The summed E-state index contributed by atoms with van der Waals surface area (Å²) in [5.74, 6) is -0.156. The Morgan fingerprint density at radius 2 is 2.19 bits per heavy atom. The van der Waals surface area contributed by atoms with Gasteiger partial charge >= 0.3 is 5.97 Å². The summed E-state index contributed by atoms with van der Waals surface area (Å²) in [6.45, 7) is 1.75. The van der Waals surface area contributed by atoms with Gasteiger partial charge in [-0.25, -0.2) is 0 Å². The van der Waals surface area contributed by atoms with Gasteiger partial charge < -0.3 is 14.7 Å². The molecule has 0 aliphatic rings. The Balaban J connectivity index is 2.66. The molecule has 1 rings (SSSR count). The molecule has 1 N–H and O–H groups in total. The highest BCUT2D eigenvalue weighted by molar-refractivity contribution is 5.67. The molecule has 0 amide bonds. The van der Waals surface area contributed by atoms with Crippen LogP contribution in [0.2, 0.25) is 0 Å². The highest BCUT2D eigenvalue weighted by Crippen LogP contribution is 2.20. The Morgan fingerprint density at radius 1 is 1.50 bits per heavy atom. The van der Waals surface area contributed by atoms with Crippen molar-refractivity contribution in [2.24, 2.45) is 0 Å². The summed E-state index contributed by atoms with van der Waals surface area (Å²) in [4.78, 5) is 12.5. The van der Waals surface area contributed by atoms with E-state index in [9.17, 15) is 4.79 Å². The molecule has 0 radical (unpaired) electrons. The summed E-state index contributed by atoms with van der Waals surface area (Å²) in [5.41, 5.74) is 1.03. The van der Waals surface area contributed by atoms with E-state index < -0.39 is 5.97 Å². The van der Waals surface area contributed by atoms with Crippen LogP contribution in [0.4, 0.5) is 5.69 Å². The van der Waals surface area contributed by atoms with Gasteiger partial charge in [0, 0.05) is 25.8 Å². The third-order valence-corrected chi connectivity index (χ3v) is 2.13. The summed E-state index contributed by atoms with van der Waals surface area (Å²) < 4.78 is 5.51. The Hall–Kier alpha value is -1.71. The molecule has 88 valence electrons. The lowest BCUT2D eigenvalue weighted by molar-refractivity contribution is -0.138. The lowest BCUT2D eigenvalue weighted by Crippen LogP contribution is -2.17. The molecule has 1 aromatic carbocycles. The summed E-state index contributed by atoms with van der Waals surface area (Å²) in [5, 5.41) is 8.62. The SMILES string of the molecule is C[C@@H](CC(=O)O)Oc1cccc(N(C)C)c1. The van der Waals surface area contributed by atoms with Crippen LogP contribution in [-0.4, -0.2) is 31.3 Å². The number of rotatable bonds is 5. The number of anilines is 1. The van der Waals surface area contributed by atoms with Crippen molar-refractivity contribution in [3.63, 3.8) is 0 Å². The largest absolute Gasteiger partial charge is 0.490 e. The van der Waals surface area contributed by atoms with Crippen LogP contribution in [0.5, 0.6) is 5.75 Å². The second-order valence-corrected chi connectivity index (χ2v) is 3.92. The number of hydrogen-bond acceptors (Lipinski definition) is 3. The first-order valence-electron chi connectivity index (χ1n) is 5.15. The first-order valence-corrected chi connectivity index (χ1v) is 5.15. The van der Waals surface area contributed by atoms with Crippen LogP contribution in [0, 0.1) is 0 Å². The lowest BCUT2D eigenvalue weighted by Gasteiger charge is -2.16. The van der Waals surface area contributed by atoms with E-state index in [2.05, 4.69) is 0 Å². The monoisotopic (exact) mass is 223 g/mol. The van der Waals surface area contributed by atoms with Crippen molar-refractivity contribution in [1.82, 2.24) is 0 Å². The van der Waals surface area contributed by atoms with E-state index in [4.69, 9.17) is 9.84 Å². The minimum atomic E-state index is -0.851. The van der Waals surface area contributed by atoms with Crippen molar-refractivity contribution in [3.05, 3.63) is 24.3 Å². The fourth-order valence-corrected chi connectivity index (χ4v) is 1.35. The summed E-state index contributed by atoms with van der Waals surface area (Å²) in [6.07, 6.45) is -0.318. The predicted octanol–water partition coefficient (Wildman–Crippen LogP) is 1.99. The molecule has 1 aromatic rings. The number of benzene rings is 1. The van der Waals surface area contributed by atoms with Crippen LogP contribution in [0.15, 0.2) is 24.3 Å². The van der Waals surface area contributed by atoms with E-state index in [1.54, 1.807) is 6.92 Å². The molecule has 4 nitrogen and oxygen atoms in total. The Morgan fingerprint density at radius 3 is 2.75 bits per heavy atom. The maximum Gasteiger partial charge on any atom is 0.307 e. The number of ether oxygens (including phenoxy) is 1. The van der Waals surface area contributed by atoms with Gasteiger partial charge in [-0.15, -0.1) is 0 Å². The standard InChI is InChI=1S/C12H17NO3/c1-9(7-12(14)15)16-11-6-4-5-10(8-11)13(2)3/h4-6,8-9H,7H2,1-3H3,(H,14,15)/t9-/m0/s1. The van der Waals surface area contributed by atoms with Crippen molar-refractivity contribution in [1.29, 1.82) is 0 Å². The first-order chi connectivity index (χ1) is 7.49. The van der Waals surface area contributed by atoms with Crippen LogP contribution in [0.1, 0.15) is 13.3 Å². The van der Waals surface area contributed by atoms with Crippen LogP contribution in [-0.2, 0) is 4.79 Å². The molecule has 0 aliphatic carbocycles. The highest BCUT2D eigenvalue weighted by atomic mass is 16.5. The number of carboxylic acid groups (broad SMARTS) is 1. The smallest absolute Gasteiger partial charge is 0.307 e. The highest BCUT2D eigenvalue weighted by Gasteiger charge is 2.09. The van der Waals surface area contributed by atoms with Crippen molar-refractivity contribution in [3.8, 4) is 5.75 Å². The Bertz CT molecular complexity index is 363. The number of hydrogen-bond donors (Lipinski definition) is 1. The summed E-state index contributed by atoms with van der Waals surface area (Å²) >= 11 is 0. The van der Waals surface area contributed by atoms with Gasteiger partial charge in [0.05, 0.1) is 6.42 Å². The molecule has 0 bridgehead atoms. The molecular formula is C12H17NO3. The third-order valence-electron chi connectivity index (χ3n) is 2.13. The van der Waals surface area contributed by atoms with Crippen LogP contribution >= 0.6 is 0 Å². The maximum atomic E-state index is 10.5. The zero-order valence-corrected chi connectivity index (χ0v) is 9.80. The zero-order valence-electron chi connectivity index (χ0n) is 9.80. The van der Waals surface area contributed by atoms with E-state index in [1.165, 1.54) is 0 Å². The van der Waals surface area contributed by atoms with E-state index in [1.807, 2.05) is 43.3 Å².